The van der Waals surface area contributed by atoms with Gasteiger partial charge in [-0.05, 0) is 18.6 Å². The van der Waals surface area contributed by atoms with Gasteiger partial charge in [0, 0.05) is 37.8 Å². The SMILES string of the molecule is Cc1ccc(Cn2c(C(=O)N(C)Cc3ccccc3F)cc3occc32)cc1. The van der Waals surface area contributed by atoms with Gasteiger partial charge >= 0.3 is 0 Å². The predicted octanol–water partition coefficient (Wildman–Crippen LogP) is 5.00. The Labute approximate surface area is 162 Å². The third kappa shape index (κ3) is 3.43. The maximum Gasteiger partial charge on any atom is 0.270 e. The van der Waals surface area contributed by atoms with Crippen molar-refractivity contribution in [3.63, 3.8) is 0 Å². The van der Waals surface area contributed by atoms with Gasteiger partial charge in [0.15, 0.2) is 5.58 Å². The molecule has 142 valence electrons. The average Bonchev–Trinajstić information content (AvgIpc) is 3.27. The zero-order chi connectivity index (χ0) is 19.7. The lowest BCUT2D eigenvalue weighted by atomic mass is 10.1. The van der Waals surface area contributed by atoms with E-state index in [0.717, 1.165) is 11.1 Å². The molecule has 0 N–H and O–H groups in total. The van der Waals surface area contributed by atoms with E-state index in [2.05, 4.69) is 24.3 Å². The number of amides is 1. The number of benzene rings is 2. The molecule has 4 aromatic rings. The minimum Gasteiger partial charge on any atom is -0.463 e. The number of rotatable bonds is 5. The van der Waals surface area contributed by atoms with E-state index in [0.29, 0.717) is 23.4 Å². The Morgan fingerprint density at radius 1 is 1.11 bits per heavy atom. The zero-order valence-corrected chi connectivity index (χ0v) is 15.9. The fraction of sp³-hybridized carbons (Fsp3) is 0.174. The Morgan fingerprint density at radius 2 is 1.86 bits per heavy atom. The fourth-order valence-corrected chi connectivity index (χ4v) is 3.35. The summed E-state index contributed by atoms with van der Waals surface area (Å²) < 4.78 is 21.4. The van der Waals surface area contributed by atoms with Crippen LogP contribution in [0.1, 0.15) is 27.2 Å². The van der Waals surface area contributed by atoms with E-state index in [1.807, 2.05) is 17.6 Å². The molecular formula is C23H21FN2O2. The number of carbonyl (C=O) groups is 1. The van der Waals surface area contributed by atoms with Crippen molar-refractivity contribution in [2.75, 3.05) is 7.05 Å². The van der Waals surface area contributed by atoms with E-state index in [1.54, 1.807) is 37.6 Å². The highest BCUT2D eigenvalue weighted by atomic mass is 19.1. The lowest BCUT2D eigenvalue weighted by Crippen LogP contribution is -2.28. The third-order valence-corrected chi connectivity index (χ3v) is 4.92. The third-order valence-electron chi connectivity index (χ3n) is 4.92. The van der Waals surface area contributed by atoms with Crippen LogP contribution in [-0.4, -0.2) is 22.4 Å². The smallest absolute Gasteiger partial charge is 0.270 e. The number of aromatic nitrogens is 1. The second-order valence-electron chi connectivity index (χ2n) is 7.02. The van der Waals surface area contributed by atoms with Crippen LogP contribution in [-0.2, 0) is 13.1 Å². The van der Waals surface area contributed by atoms with Gasteiger partial charge in [0.25, 0.3) is 5.91 Å². The van der Waals surface area contributed by atoms with Crippen LogP contribution in [0.2, 0.25) is 0 Å². The molecular weight excluding hydrogens is 355 g/mol. The Balaban J connectivity index is 1.65. The van der Waals surface area contributed by atoms with E-state index >= 15 is 0 Å². The van der Waals surface area contributed by atoms with Gasteiger partial charge in [-0.3, -0.25) is 4.79 Å². The summed E-state index contributed by atoms with van der Waals surface area (Å²) in [6.07, 6.45) is 1.62. The van der Waals surface area contributed by atoms with E-state index in [1.165, 1.54) is 16.5 Å². The van der Waals surface area contributed by atoms with Crippen LogP contribution < -0.4 is 0 Å². The molecule has 0 aliphatic carbocycles. The zero-order valence-electron chi connectivity index (χ0n) is 15.9. The van der Waals surface area contributed by atoms with Gasteiger partial charge in [-0.2, -0.15) is 0 Å². The van der Waals surface area contributed by atoms with Gasteiger partial charge in [-0.15, -0.1) is 0 Å². The van der Waals surface area contributed by atoms with Crippen molar-refractivity contribution in [2.45, 2.75) is 20.0 Å². The van der Waals surface area contributed by atoms with E-state index < -0.39 is 0 Å². The van der Waals surface area contributed by atoms with Crippen LogP contribution in [0, 0.1) is 12.7 Å². The molecule has 1 amide bonds. The fourth-order valence-electron chi connectivity index (χ4n) is 3.35. The lowest BCUT2D eigenvalue weighted by Gasteiger charge is -2.19. The standard InChI is InChI=1S/C23H21FN2O2/c1-16-7-9-17(10-8-16)14-26-20-11-12-28-22(20)13-21(26)23(27)25(2)15-18-5-3-4-6-19(18)24/h3-13H,14-15H2,1-2H3. The molecule has 5 heteroatoms. The summed E-state index contributed by atoms with van der Waals surface area (Å²) in [6, 6.07) is 18.3. The number of carbonyl (C=O) groups excluding carboxylic acids is 1. The van der Waals surface area contributed by atoms with Crippen molar-refractivity contribution in [3.05, 3.63) is 95.1 Å². The van der Waals surface area contributed by atoms with Crippen LogP contribution in [0.5, 0.6) is 0 Å². The summed E-state index contributed by atoms with van der Waals surface area (Å²) in [4.78, 5) is 14.7. The molecule has 0 fully saturated rings. The first kappa shape index (κ1) is 18.0. The minimum atomic E-state index is -0.314. The quantitative estimate of drug-likeness (QED) is 0.491. The van der Waals surface area contributed by atoms with E-state index in [-0.39, 0.29) is 18.3 Å². The molecule has 0 spiro atoms. The topological polar surface area (TPSA) is 38.4 Å². The molecule has 0 radical (unpaired) electrons. The molecule has 2 heterocycles. The highest BCUT2D eigenvalue weighted by Gasteiger charge is 2.21. The molecule has 0 aliphatic heterocycles. The molecule has 0 unspecified atom stereocenters. The summed E-state index contributed by atoms with van der Waals surface area (Å²) >= 11 is 0. The van der Waals surface area contributed by atoms with Crippen molar-refractivity contribution >= 4 is 17.0 Å². The average molecular weight is 376 g/mol. The number of aryl methyl sites for hydroxylation is 1. The van der Waals surface area contributed by atoms with E-state index in [9.17, 15) is 9.18 Å². The molecule has 4 nitrogen and oxygen atoms in total. The van der Waals surface area contributed by atoms with Crippen LogP contribution >= 0.6 is 0 Å². The molecule has 2 aromatic carbocycles. The summed E-state index contributed by atoms with van der Waals surface area (Å²) in [7, 11) is 1.68. The molecule has 0 atom stereocenters. The number of furan rings is 1. The monoisotopic (exact) mass is 376 g/mol. The Morgan fingerprint density at radius 3 is 2.61 bits per heavy atom. The summed E-state index contributed by atoms with van der Waals surface area (Å²) in [6.45, 7) is 2.79. The first-order chi connectivity index (χ1) is 13.5. The molecule has 2 aromatic heterocycles. The molecule has 0 saturated carbocycles. The summed E-state index contributed by atoms with van der Waals surface area (Å²) in [5.41, 5.74) is 4.81. The number of hydrogen-bond acceptors (Lipinski definition) is 2. The first-order valence-electron chi connectivity index (χ1n) is 9.14. The molecule has 4 rings (SSSR count). The van der Waals surface area contributed by atoms with Crippen molar-refractivity contribution in [1.82, 2.24) is 9.47 Å². The predicted molar refractivity (Wildman–Crippen MR) is 107 cm³/mol. The van der Waals surface area contributed by atoms with Gasteiger partial charge in [0.2, 0.25) is 0 Å². The Bertz CT molecular complexity index is 1130. The van der Waals surface area contributed by atoms with Gasteiger partial charge in [-0.1, -0.05) is 48.0 Å². The number of hydrogen-bond donors (Lipinski definition) is 0. The molecule has 0 aliphatic rings. The molecule has 0 saturated heterocycles. The van der Waals surface area contributed by atoms with Crippen molar-refractivity contribution in [2.24, 2.45) is 0 Å². The van der Waals surface area contributed by atoms with E-state index in [4.69, 9.17) is 4.42 Å². The highest BCUT2D eigenvalue weighted by Crippen LogP contribution is 2.24. The number of nitrogens with zero attached hydrogens (tertiary/aromatic N) is 2. The van der Waals surface area contributed by atoms with Crippen LogP contribution in [0.4, 0.5) is 4.39 Å². The van der Waals surface area contributed by atoms with Crippen molar-refractivity contribution in [3.8, 4) is 0 Å². The minimum absolute atomic E-state index is 0.179. The number of fused-ring (bicyclic) bond motifs is 1. The second kappa shape index (κ2) is 7.35. The Kier molecular flexibility index (Phi) is 4.74. The van der Waals surface area contributed by atoms with Crippen LogP contribution in [0.3, 0.4) is 0 Å². The first-order valence-corrected chi connectivity index (χ1v) is 9.14. The maximum absolute atomic E-state index is 14.0. The van der Waals surface area contributed by atoms with Gasteiger partial charge in [0.1, 0.15) is 11.5 Å². The van der Waals surface area contributed by atoms with Gasteiger partial charge < -0.3 is 13.9 Å². The van der Waals surface area contributed by atoms with Crippen LogP contribution in [0.15, 0.2) is 71.3 Å². The normalized spacial score (nSPS) is 11.1. The van der Waals surface area contributed by atoms with Gasteiger partial charge in [-0.25, -0.2) is 4.39 Å². The van der Waals surface area contributed by atoms with Crippen molar-refractivity contribution < 1.29 is 13.6 Å². The summed E-state index contributed by atoms with van der Waals surface area (Å²) in [5, 5.41) is 0. The highest BCUT2D eigenvalue weighted by molar-refractivity contribution is 5.97. The largest absolute Gasteiger partial charge is 0.463 e. The number of halogens is 1. The van der Waals surface area contributed by atoms with Crippen molar-refractivity contribution in [1.29, 1.82) is 0 Å². The van der Waals surface area contributed by atoms with Crippen LogP contribution in [0.25, 0.3) is 11.1 Å². The molecule has 0 bridgehead atoms. The second-order valence-corrected chi connectivity index (χ2v) is 7.02. The maximum atomic E-state index is 14.0. The Hall–Kier alpha value is -3.34. The lowest BCUT2D eigenvalue weighted by molar-refractivity contribution is 0.0774. The molecule has 28 heavy (non-hydrogen) atoms. The van der Waals surface area contributed by atoms with Gasteiger partial charge in [0.05, 0.1) is 11.8 Å². The summed E-state index contributed by atoms with van der Waals surface area (Å²) in [5.74, 6) is -0.493.